The fraction of sp³-hybridized carbons (Fsp3) is 0.333. The number of esters is 1. The van der Waals surface area contributed by atoms with E-state index < -0.39 is 5.97 Å². The average molecular weight is 335 g/mol. The topological polar surface area (TPSA) is 101 Å². The molecule has 0 aromatic heterocycles. The third-order valence-corrected chi connectivity index (χ3v) is 2.92. The summed E-state index contributed by atoms with van der Waals surface area (Å²) in [6.07, 6.45) is 0.837. The summed E-state index contributed by atoms with van der Waals surface area (Å²) in [6, 6.07) is 7.69. The van der Waals surface area contributed by atoms with E-state index in [0.717, 1.165) is 17.7 Å². The normalized spacial score (nSPS) is 11.8. The summed E-state index contributed by atoms with van der Waals surface area (Å²) in [5.41, 5.74) is 12.9. The minimum absolute atomic E-state index is 0.00292. The lowest BCUT2D eigenvalue weighted by Crippen LogP contribution is -2.30. The van der Waals surface area contributed by atoms with E-state index in [0.29, 0.717) is 5.71 Å². The summed E-state index contributed by atoms with van der Waals surface area (Å²) in [5, 5.41) is 8.04. The fourth-order valence-corrected chi connectivity index (χ4v) is 1.77. The Morgan fingerprint density at radius 3 is 2.61 bits per heavy atom. The molecular formula is C15H21N5O2S. The molecule has 0 aliphatic carbocycles. The van der Waals surface area contributed by atoms with E-state index in [9.17, 15) is 4.79 Å². The molecule has 0 bridgehead atoms. The molecule has 4 N–H and O–H groups in total. The number of hydrogen-bond donors (Lipinski definition) is 3. The molecule has 0 fully saturated rings. The molecule has 1 aromatic rings. The Morgan fingerprint density at radius 2 is 2.00 bits per heavy atom. The van der Waals surface area contributed by atoms with Crippen LogP contribution >= 0.6 is 12.2 Å². The van der Waals surface area contributed by atoms with Gasteiger partial charge in [0.1, 0.15) is 0 Å². The third-order valence-electron chi connectivity index (χ3n) is 2.83. The summed E-state index contributed by atoms with van der Waals surface area (Å²) in [6.45, 7) is 5.60. The lowest BCUT2D eigenvalue weighted by atomic mass is 10.1. The number of carbonyl (C=O) groups excluding carboxylic acids is 1. The quantitative estimate of drug-likeness (QED) is 0.304. The van der Waals surface area contributed by atoms with E-state index in [1.165, 1.54) is 0 Å². The molecule has 1 rings (SSSR count). The second kappa shape index (κ2) is 9.52. The molecular weight excluding hydrogens is 314 g/mol. The first-order valence-electron chi connectivity index (χ1n) is 7.18. The Bertz CT molecular complexity index is 628. The van der Waals surface area contributed by atoms with Crippen molar-refractivity contribution in [1.29, 1.82) is 0 Å². The van der Waals surface area contributed by atoms with Crippen LogP contribution in [-0.4, -0.2) is 29.1 Å². The van der Waals surface area contributed by atoms with Crippen LogP contribution in [0.3, 0.4) is 0 Å². The maximum atomic E-state index is 12.0. The predicted octanol–water partition coefficient (Wildman–Crippen LogP) is 1.79. The first-order chi connectivity index (χ1) is 11.0. The molecule has 0 atom stereocenters. The molecule has 0 aliphatic heterocycles. The molecule has 124 valence electrons. The third kappa shape index (κ3) is 6.03. The molecule has 0 aliphatic rings. The van der Waals surface area contributed by atoms with Gasteiger partial charge in [0.15, 0.2) is 10.8 Å². The second-order valence-corrected chi connectivity index (χ2v) is 4.92. The van der Waals surface area contributed by atoms with Crippen LogP contribution < -0.4 is 16.6 Å². The van der Waals surface area contributed by atoms with Gasteiger partial charge in [0.25, 0.3) is 0 Å². The van der Waals surface area contributed by atoms with Crippen molar-refractivity contribution in [3.05, 3.63) is 29.8 Å². The second-order valence-electron chi connectivity index (χ2n) is 4.48. The number of ether oxygens (including phenoxy) is 1. The standard InChI is InChI=1S/C15H21N5O2S/c1-4-11-8-6-7-9-12(11)18-19-13(14(21)22-5-2)10(3)17-20-15(16)23/h6-9,18H,4-5H2,1-3H3,(H3,16,20,23). The summed E-state index contributed by atoms with van der Waals surface area (Å²) in [4.78, 5) is 12.0. The van der Waals surface area contributed by atoms with Crippen LogP contribution in [0.5, 0.6) is 0 Å². The van der Waals surface area contributed by atoms with Gasteiger partial charge in [-0.1, -0.05) is 25.1 Å². The van der Waals surface area contributed by atoms with Gasteiger partial charge in [0.2, 0.25) is 0 Å². The van der Waals surface area contributed by atoms with Crippen LogP contribution in [0.2, 0.25) is 0 Å². The monoisotopic (exact) mass is 335 g/mol. The number of anilines is 1. The van der Waals surface area contributed by atoms with Crippen molar-refractivity contribution in [2.45, 2.75) is 27.2 Å². The Labute approximate surface area is 141 Å². The molecule has 0 spiro atoms. The van der Waals surface area contributed by atoms with Gasteiger partial charge < -0.3 is 10.5 Å². The largest absolute Gasteiger partial charge is 0.461 e. The van der Waals surface area contributed by atoms with E-state index in [1.807, 2.05) is 31.2 Å². The predicted molar refractivity (Wildman–Crippen MR) is 96.5 cm³/mol. The van der Waals surface area contributed by atoms with E-state index in [4.69, 9.17) is 10.5 Å². The number of rotatable bonds is 7. The van der Waals surface area contributed by atoms with Gasteiger partial charge in [-0.25, -0.2) is 4.79 Å². The highest BCUT2D eigenvalue weighted by Gasteiger charge is 2.17. The van der Waals surface area contributed by atoms with Gasteiger partial charge in [0.05, 0.1) is 18.0 Å². The minimum atomic E-state index is -0.583. The lowest BCUT2D eigenvalue weighted by Gasteiger charge is -2.09. The number of benzene rings is 1. The Kier molecular flexibility index (Phi) is 7.69. The minimum Gasteiger partial charge on any atom is -0.461 e. The summed E-state index contributed by atoms with van der Waals surface area (Å²) < 4.78 is 4.99. The number of carbonyl (C=O) groups is 1. The first kappa shape index (κ1) is 18.6. The van der Waals surface area contributed by atoms with Crippen molar-refractivity contribution in [2.24, 2.45) is 15.9 Å². The van der Waals surface area contributed by atoms with E-state index >= 15 is 0 Å². The lowest BCUT2D eigenvalue weighted by molar-refractivity contribution is -0.134. The Hall–Kier alpha value is -2.48. The van der Waals surface area contributed by atoms with Crippen molar-refractivity contribution in [1.82, 2.24) is 5.43 Å². The maximum absolute atomic E-state index is 12.0. The van der Waals surface area contributed by atoms with Crippen LogP contribution in [0.4, 0.5) is 5.69 Å². The molecule has 23 heavy (non-hydrogen) atoms. The number of para-hydroxylation sites is 1. The average Bonchev–Trinajstić information content (AvgIpc) is 2.53. The molecule has 0 radical (unpaired) electrons. The number of aryl methyl sites for hydroxylation is 1. The van der Waals surface area contributed by atoms with Crippen molar-refractivity contribution in [3.63, 3.8) is 0 Å². The highest BCUT2D eigenvalue weighted by molar-refractivity contribution is 7.80. The number of hydrogen-bond acceptors (Lipinski definition) is 6. The fourth-order valence-electron chi connectivity index (χ4n) is 1.72. The molecule has 0 saturated carbocycles. The smallest absolute Gasteiger partial charge is 0.360 e. The van der Waals surface area contributed by atoms with Crippen molar-refractivity contribution < 1.29 is 9.53 Å². The zero-order valence-electron chi connectivity index (χ0n) is 13.4. The number of nitrogens with zero attached hydrogens (tertiary/aromatic N) is 2. The Morgan fingerprint density at radius 1 is 1.30 bits per heavy atom. The molecule has 0 amide bonds. The molecule has 8 heteroatoms. The van der Waals surface area contributed by atoms with E-state index in [1.54, 1.807) is 13.8 Å². The van der Waals surface area contributed by atoms with Crippen LogP contribution in [0.15, 0.2) is 34.5 Å². The maximum Gasteiger partial charge on any atom is 0.360 e. The van der Waals surface area contributed by atoms with E-state index in [-0.39, 0.29) is 17.4 Å². The van der Waals surface area contributed by atoms with Gasteiger partial charge in [-0.05, 0) is 44.1 Å². The van der Waals surface area contributed by atoms with Gasteiger partial charge in [-0.15, -0.1) is 0 Å². The van der Waals surface area contributed by atoms with Crippen LogP contribution in [0.1, 0.15) is 26.3 Å². The van der Waals surface area contributed by atoms with Gasteiger partial charge in [-0.3, -0.25) is 10.9 Å². The highest BCUT2D eigenvalue weighted by Crippen LogP contribution is 2.15. The number of nitrogens with two attached hydrogens (primary N) is 1. The highest BCUT2D eigenvalue weighted by atomic mass is 32.1. The Balaban J connectivity index is 3.05. The van der Waals surface area contributed by atoms with Crippen LogP contribution in [0.25, 0.3) is 0 Å². The number of nitrogens with one attached hydrogen (secondary N) is 2. The number of thiocarbonyl (C=S) groups is 1. The molecule has 0 unspecified atom stereocenters. The zero-order valence-corrected chi connectivity index (χ0v) is 14.2. The summed E-state index contributed by atoms with van der Waals surface area (Å²) >= 11 is 4.68. The van der Waals surface area contributed by atoms with Crippen molar-refractivity contribution in [3.8, 4) is 0 Å². The summed E-state index contributed by atoms with van der Waals surface area (Å²) in [7, 11) is 0. The van der Waals surface area contributed by atoms with Crippen LogP contribution in [-0.2, 0) is 16.0 Å². The molecule has 0 heterocycles. The molecule has 1 aromatic carbocycles. The molecule has 0 saturated heterocycles. The van der Waals surface area contributed by atoms with Gasteiger partial charge in [-0.2, -0.15) is 10.2 Å². The SMILES string of the molecule is CCOC(=O)C(=NNc1ccccc1CC)C(C)=NNC(N)=S. The van der Waals surface area contributed by atoms with Crippen molar-refractivity contribution >= 4 is 40.4 Å². The van der Waals surface area contributed by atoms with Gasteiger partial charge in [0, 0.05) is 0 Å². The van der Waals surface area contributed by atoms with Gasteiger partial charge >= 0.3 is 5.97 Å². The van der Waals surface area contributed by atoms with Crippen LogP contribution in [0, 0.1) is 0 Å². The van der Waals surface area contributed by atoms with E-state index in [2.05, 4.69) is 33.3 Å². The number of hydrazone groups is 2. The molecule has 7 nitrogen and oxygen atoms in total. The first-order valence-corrected chi connectivity index (χ1v) is 7.59. The van der Waals surface area contributed by atoms with Crippen molar-refractivity contribution in [2.75, 3.05) is 12.0 Å². The zero-order chi connectivity index (χ0) is 17.2. The summed E-state index contributed by atoms with van der Waals surface area (Å²) in [5.74, 6) is -0.583.